The molecule has 4 aliphatic heterocycles. The van der Waals surface area contributed by atoms with Gasteiger partial charge < -0.3 is 35.2 Å². The van der Waals surface area contributed by atoms with E-state index in [9.17, 15) is 36.3 Å². The third-order valence-electron chi connectivity index (χ3n) is 12.2. The zero-order chi connectivity index (χ0) is 43.9. The molecule has 13 nitrogen and oxygen atoms in total. The third-order valence-corrected chi connectivity index (χ3v) is 13.7. The lowest BCUT2D eigenvalue weighted by molar-refractivity contribution is -0.137. The molecule has 1 unspecified atom stereocenters. The number of halogens is 7. The Morgan fingerprint density at radius 3 is 2.41 bits per heavy atom. The normalized spacial score (nSPS) is 26.0. The lowest BCUT2D eigenvalue weighted by Crippen LogP contribution is -2.53. The number of aromatic nitrogens is 2. The molecule has 3 aromatic rings. The maximum Gasteiger partial charge on any atom is 0.421 e. The summed E-state index contributed by atoms with van der Waals surface area (Å²) < 4.78 is 132. The van der Waals surface area contributed by atoms with E-state index in [1.165, 1.54) is 24.0 Å². The van der Waals surface area contributed by atoms with Gasteiger partial charge in [-0.1, -0.05) is 6.07 Å². The van der Waals surface area contributed by atoms with Crippen molar-refractivity contribution < 1.29 is 53.8 Å². The highest BCUT2D eigenvalue weighted by atomic mass is 32.2. The third kappa shape index (κ3) is 9.73. The first-order valence-corrected chi connectivity index (χ1v) is 21.6. The van der Waals surface area contributed by atoms with Crippen LogP contribution >= 0.6 is 0 Å². The summed E-state index contributed by atoms with van der Waals surface area (Å²) in [5.74, 6) is -4.33. The number of carbonyl (C=O) groups is 2. The van der Waals surface area contributed by atoms with Gasteiger partial charge in [-0.15, -0.1) is 0 Å². The van der Waals surface area contributed by atoms with Crippen LogP contribution in [0.4, 0.5) is 53.9 Å². The zero-order valence-electron chi connectivity index (χ0n) is 33.3. The fourth-order valence-electron chi connectivity index (χ4n) is 8.75. The smallest absolute Gasteiger partial charge is 0.388 e. The Bertz CT molecular complexity index is 2230. The fourth-order valence-corrected chi connectivity index (χ4v) is 10.1. The number of nitrogens with one attached hydrogen (secondary N) is 3. The summed E-state index contributed by atoms with van der Waals surface area (Å²) in [5, 5.41) is 15.5. The van der Waals surface area contributed by atoms with Crippen molar-refractivity contribution in [1.82, 2.24) is 24.9 Å². The van der Waals surface area contributed by atoms with Gasteiger partial charge in [-0.25, -0.2) is 35.7 Å². The molecule has 0 bridgehead atoms. The number of hydrogen-bond donors (Lipinski definition) is 4. The minimum absolute atomic E-state index is 0.0196. The fraction of sp³-hybridized carbons (Fsp3) is 0.550. The minimum atomic E-state index is -4.82. The Morgan fingerprint density at radius 1 is 1.02 bits per heavy atom. The number of β-amino-alcohol motifs (C(OH)–C–C–N with tert-alkyl or cyclic N) is 1. The first kappa shape index (κ1) is 44.5. The van der Waals surface area contributed by atoms with Crippen LogP contribution in [0.1, 0.15) is 63.0 Å². The van der Waals surface area contributed by atoms with E-state index < -0.39 is 79.1 Å². The molecule has 0 saturated carbocycles. The predicted molar refractivity (Wildman–Crippen MR) is 210 cm³/mol. The molecular weight excluding hydrogens is 838 g/mol. The molecule has 332 valence electrons. The van der Waals surface area contributed by atoms with Crippen LogP contribution in [0.3, 0.4) is 0 Å². The number of piperidine rings is 4. The molecule has 1 amide bonds. The molecular formula is C40H47F7N8O5S. The van der Waals surface area contributed by atoms with Crippen molar-refractivity contribution in [2.75, 3.05) is 67.5 Å². The molecule has 2 aromatic carbocycles. The second-order valence-corrected chi connectivity index (χ2v) is 18.5. The van der Waals surface area contributed by atoms with Gasteiger partial charge in [0.15, 0.2) is 11.6 Å². The molecule has 21 heteroatoms. The summed E-state index contributed by atoms with van der Waals surface area (Å²) in [4.78, 5) is 35.7. The minimum Gasteiger partial charge on any atom is -0.388 e. The maximum absolute atomic E-state index is 15.5. The van der Waals surface area contributed by atoms with E-state index in [1.807, 2.05) is 4.90 Å². The van der Waals surface area contributed by atoms with Crippen LogP contribution < -0.4 is 25.2 Å². The Labute approximate surface area is 348 Å². The number of amides is 1. The van der Waals surface area contributed by atoms with Gasteiger partial charge in [0.25, 0.3) is 0 Å². The number of nitrogens with zero attached hydrogens (tertiary/aromatic N) is 5. The van der Waals surface area contributed by atoms with Crippen molar-refractivity contribution in [3.63, 3.8) is 0 Å². The number of anilines is 4. The van der Waals surface area contributed by atoms with Gasteiger partial charge in [-0.3, -0.25) is 4.79 Å². The molecule has 5 heterocycles. The summed E-state index contributed by atoms with van der Waals surface area (Å²) >= 11 is 0. The Balaban J connectivity index is 0.921. The van der Waals surface area contributed by atoms with Gasteiger partial charge in [-0.2, -0.15) is 18.2 Å². The molecule has 61 heavy (non-hydrogen) atoms. The molecule has 4 atom stereocenters. The van der Waals surface area contributed by atoms with E-state index in [4.69, 9.17) is 0 Å². The SMILES string of the molecule is C[C@]1(O)CCCN(c2nc(Nc3ccc(S(=O)(=O)N[C@@H]4CCN(CC5CCN(c6ccc(C7(C=O)CCC(=O)NC7)c(F)c6F)CC5)C[C@@H]4F)cc3F)ncc2C(F)(F)F)C1. The van der Waals surface area contributed by atoms with Crippen LogP contribution in [0.2, 0.25) is 0 Å². The maximum atomic E-state index is 15.5. The Kier molecular flexibility index (Phi) is 12.6. The number of carbonyl (C=O) groups excluding carboxylic acids is 2. The second kappa shape index (κ2) is 17.3. The van der Waals surface area contributed by atoms with Gasteiger partial charge in [0, 0.05) is 64.0 Å². The van der Waals surface area contributed by atoms with Crippen molar-refractivity contribution in [1.29, 1.82) is 0 Å². The van der Waals surface area contributed by atoms with Crippen LogP contribution in [0.25, 0.3) is 0 Å². The second-order valence-electron chi connectivity index (χ2n) is 16.8. The van der Waals surface area contributed by atoms with Crippen LogP contribution in [0.15, 0.2) is 41.4 Å². The highest BCUT2D eigenvalue weighted by molar-refractivity contribution is 7.89. The van der Waals surface area contributed by atoms with E-state index in [0.29, 0.717) is 70.4 Å². The number of aliphatic hydroxyl groups is 1. The van der Waals surface area contributed by atoms with Gasteiger partial charge in [-0.05, 0) is 82.2 Å². The Hall–Kier alpha value is -4.60. The standard InChI is InChI=1S/C40H47F7N8O5S/c1-38(58)11-2-13-55(22-38)36-27(40(45,46)47)18-48-37(51-36)50-30-5-3-25(17-28(30)41)61(59,60)52-31-10-14-53(20-29(31)42)19-24-8-15-54(16-9-24)32-6-4-26(34(43)35(32)44)39(23-56)12-7-33(57)49-21-39/h3-6,17-18,23-24,29,31,52,58H,2,7-16,19-22H2,1H3,(H,49,57)(H,48,50,51)/t29-,31+,38-,39?/m0/s1. The number of aldehydes is 1. The molecule has 4 N–H and O–H groups in total. The summed E-state index contributed by atoms with van der Waals surface area (Å²) in [6, 6.07) is 4.55. The number of likely N-dealkylation sites (tertiary alicyclic amines) is 1. The van der Waals surface area contributed by atoms with E-state index in [-0.39, 0.29) is 74.2 Å². The number of sulfonamides is 1. The molecule has 0 aliphatic carbocycles. The van der Waals surface area contributed by atoms with Crippen molar-refractivity contribution >= 4 is 45.4 Å². The Morgan fingerprint density at radius 2 is 1.77 bits per heavy atom. The number of benzene rings is 2. The monoisotopic (exact) mass is 884 g/mol. The summed E-state index contributed by atoms with van der Waals surface area (Å²) in [6.45, 7) is 3.03. The summed E-state index contributed by atoms with van der Waals surface area (Å²) in [5.41, 5.74) is -4.10. The average Bonchev–Trinajstić information content (AvgIpc) is 3.21. The molecule has 7 rings (SSSR count). The quantitative estimate of drug-likeness (QED) is 0.152. The zero-order valence-corrected chi connectivity index (χ0v) is 34.1. The topological polar surface area (TPSA) is 160 Å². The van der Waals surface area contributed by atoms with Crippen molar-refractivity contribution in [3.05, 3.63) is 65.1 Å². The van der Waals surface area contributed by atoms with E-state index in [1.54, 1.807) is 4.90 Å². The van der Waals surface area contributed by atoms with Crippen LogP contribution in [-0.4, -0.2) is 111 Å². The van der Waals surface area contributed by atoms with Gasteiger partial charge >= 0.3 is 6.18 Å². The van der Waals surface area contributed by atoms with E-state index in [0.717, 1.165) is 12.1 Å². The van der Waals surface area contributed by atoms with Crippen LogP contribution in [-0.2, 0) is 31.2 Å². The van der Waals surface area contributed by atoms with E-state index >= 15 is 17.6 Å². The molecule has 0 radical (unpaired) electrons. The van der Waals surface area contributed by atoms with Gasteiger partial charge in [0.05, 0.1) is 33.3 Å². The van der Waals surface area contributed by atoms with Crippen molar-refractivity contribution in [3.8, 4) is 0 Å². The van der Waals surface area contributed by atoms with Crippen LogP contribution in [0, 0.1) is 23.4 Å². The number of alkyl halides is 4. The first-order chi connectivity index (χ1) is 28.8. The molecule has 0 spiro atoms. The van der Waals surface area contributed by atoms with Crippen LogP contribution in [0.5, 0.6) is 0 Å². The molecule has 4 aliphatic rings. The van der Waals surface area contributed by atoms with Crippen molar-refractivity contribution in [2.45, 2.75) is 86.2 Å². The average molecular weight is 885 g/mol. The summed E-state index contributed by atoms with van der Waals surface area (Å²) in [7, 11) is -4.42. The van der Waals surface area contributed by atoms with Gasteiger partial charge in [0.2, 0.25) is 21.9 Å². The molecule has 4 fully saturated rings. The van der Waals surface area contributed by atoms with E-state index in [2.05, 4.69) is 25.3 Å². The summed E-state index contributed by atoms with van der Waals surface area (Å²) in [6.07, 6.45) is -3.12. The highest BCUT2D eigenvalue weighted by Crippen LogP contribution is 2.39. The van der Waals surface area contributed by atoms with Gasteiger partial charge in [0.1, 0.15) is 29.7 Å². The number of rotatable bonds is 11. The molecule has 4 saturated heterocycles. The first-order valence-electron chi connectivity index (χ1n) is 20.1. The highest BCUT2D eigenvalue weighted by Gasteiger charge is 2.42. The largest absolute Gasteiger partial charge is 0.421 e. The molecule has 1 aromatic heterocycles. The lowest BCUT2D eigenvalue weighted by Gasteiger charge is -2.39. The van der Waals surface area contributed by atoms with Crippen molar-refractivity contribution in [2.24, 2.45) is 5.92 Å². The number of hydrogen-bond acceptors (Lipinski definition) is 11. The predicted octanol–water partition coefficient (Wildman–Crippen LogP) is 4.96. The lowest BCUT2D eigenvalue weighted by atomic mass is 9.75.